The molecule has 0 aliphatic rings. The quantitative estimate of drug-likeness (QED) is 0.234. The molecule has 0 radical (unpaired) electrons. The van der Waals surface area contributed by atoms with E-state index in [0.717, 1.165) is 55.2 Å². The largest absolute Gasteiger partial charge is 0.309 e. The first-order valence-corrected chi connectivity index (χ1v) is 12.7. The van der Waals surface area contributed by atoms with Gasteiger partial charge in [0.15, 0.2) is 0 Å². The van der Waals surface area contributed by atoms with Crippen LogP contribution in [0.3, 0.4) is 0 Å². The Bertz CT molecular complexity index is 2350. The highest BCUT2D eigenvalue weighted by atomic mass is 15.0. The molecule has 0 amide bonds. The van der Waals surface area contributed by atoms with E-state index in [1.54, 1.807) is 0 Å². The molecule has 6 aromatic carbocycles. The molecule has 8 rings (SSSR count). The van der Waals surface area contributed by atoms with Gasteiger partial charge in [-0.15, -0.1) is 0 Å². The van der Waals surface area contributed by atoms with Crippen LogP contribution in [0, 0.1) is 0 Å². The van der Waals surface area contributed by atoms with Crippen molar-refractivity contribution in [1.82, 2.24) is 9.13 Å². The number of para-hydroxylation sites is 4. The van der Waals surface area contributed by atoms with Gasteiger partial charge in [0.2, 0.25) is 0 Å². The summed E-state index contributed by atoms with van der Waals surface area (Å²) in [6.45, 7) is 0. The first-order valence-electron chi connectivity index (χ1n) is 14.7. The third-order valence-electron chi connectivity index (χ3n) is 7.45. The van der Waals surface area contributed by atoms with Gasteiger partial charge in [-0.25, -0.2) is 0 Å². The van der Waals surface area contributed by atoms with Crippen molar-refractivity contribution in [2.75, 3.05) is 0 Å². The number of hydrogen-bond acceptors (Lipinski definition) is 0. The molecule has 0 fully saturated rings. The summed E-state index contributed by atoms with van der Waals surface area (Å²) in [5.74, 6) is 0. The van der Waals surface area contributed by atoms with E-state index < -0.39 is 0 Å². The molecule has 2 heterocycles. The summed E-state index contributed by atoms with van der Waals surface area (Å²) in [5, 5.41) is 3.52. The molecule has 0 aliphatic carbocycles. The van der Waals surface area contributed by atoms with Crippen molar-refractivity contribution in [1.29, 1.82) is 0 Å². The number of rotatable bonds is 3. The van der Waals surface area contributed by atoms with Crippen LogP contribution in [0.2, 0.25) is 0 Å². The second-order valence-corrected chi connectivity index (χ2v) is 9.51. The molecular formula is C36H24N2. The fraction of sp³-hybridized carbons (Fsp3) is 0. The van der Waals surface area contributed by atoms with E-state index in [-0.39, 0.29) is 24.2 Å². The topological polar surface area (TPSA) is 9.86 Å². The summed E-state index contributed by atoms with van der Waals surface area (Å²) in [6, 6.07) is 40.9. The van der Waals surface area contributed by atoms with Crippen molar-refractivity contribution in [2.45, 2.75) is 0 Å². The predicted molar refractivity (Wildman–Crippen MR) is 161 cm³/mol. The molecule has 2 aromatic heterocycles. The number of fused-ring (bicyclic) bond motifs is 6. The van der Waals surface area contributed by atoms with E-state index in [0.29, 0.717) is 10.9 Å². The third kappa shape index (κ3) is 3.01. The molecule has 0 atom stereocenters. The molecule has 0 N–H and O–H groups in total. The van der Waals surface area contributed by atoms with Gasteiger partial charge < -0.3 is 9.13 Å². The Kier molecular flexibility index (Phi) is 3.76. The summed E-state index contributed by atoms with van der Waals surface area (Å²) in [6.07, 6.45) is 0. The summed E-state index contributed by atoms with van der Waals surface area (Å²) < 4.78 is 38.6. The highest BCUT2D eigenvalue weighted by Gasteiger charge is 2.17. The van der Waals surface area contributed by atoms with E-state index in [1.807, 2.05) is 34.9 Å². The Hall–Kier alpha value is -5.08. The minimum Gasteiger partial charge on any atom is -0.309 e. The van der Waals surface area contributed by atoms with Gasteiger partial charge in [-0.1, -0.05) is 103 Å². The van der Waals surface area contributed by atoms with Crippen LogP contribution in [0.5, 0.6) is 0 Å². The molecule has 178 valence electrons. The van der Waals surface area contributed by atoms with Gasteiger partial charge in [-0.2, -0.15) is 0 Å². The fourth-order valence-corrected chi connectivity index (χ4v) is 5.83. The maximum Gasteiger partial charge on any atom is 0.0645 e. The zero-order valence-corrected chi connectivity index (χ0v) is 20.4. The Morgan fingerprint density at radius 1 is 0.447 bits per heavy atom. The van der Waals surface area contributed by atoms with Crippen molar-refractivity contribution >= 4 is 43.6 Å². The third-order valence-corrected chi connectivity index (χ3v) is 7.45. The normalized spacial score (nSPS) is 13.2. The van der Waals surface area contributed by atoms with Crippen LogP contribution in [0.15, 0.2) is 145 Å². The second kappa shape index (κ2) is 8.22. The number of benzene rings is 6. The van der Waals surface area contributed by atoms with Crippen LogP contribution < -0.4 is 0 Å². The van der Waals surface area contributed by atoms with Gasteiger partial charge in [0.25, 0.3) is 0 Å². The molecule has 0 unspecified atom stereocenters. The van der Waals surface area contributed by atoms with Crippen molar-refractivity contribution in [3.05, 3.63) is 145 Å². The smallest absolute Gasteiger partial charge is 0.0645 e. The summed E-state index contributed by atoms with van der Waals surface area (Å²) in [4.78, 5) is 0. The van der Waals surface area contributed by atoms with E-state index in [1.165, 1.54) is 0 Å². The van der Waals surface area contributed by atoms with Crippen LogP contribution in [-0.4, -0.2) is 9.13 Å². The van der Waals surface area contributed by atoms with E-state index in [4.69, 9.17) is 5.48 Å². The van der Waals surface area contributed by atoms with E-state index >= 15 is 0 Å². The van der Waals surface area contributed by atoms with Crippen LogP contribution in [0.25, 0.3) is 66.1 Å². The zero-order valence-electron chi connectivity index (χ0n) is 24.4. The van der Waals surface area contributed by atoms with Crippen LogP contribution in [0.4, 0.5) is 0 Å². The van der Waals surface area contributed by atoms with Gasteiger partial charge >= 0.3 is 0 Å². The monoisotopic (exact) mass is 488 g/mol. The first-order chi connectivity index (χ1) is 20.5. The molecule has 8 aromatic rings. The Labute approximate surface area is 226 Å². The average molecular weight is 489 g/mol. The Morgan fingerprint density at radius 3 is 1.92 bits per heavy atom. The SMILES string of the molecule is [2H]c1c([2H])c([2H])c2c(c1[2H])c1ccccc1n2-c1ccc2c(c1)c1ccccc1n2-c1ccccc1-c1ccccc1. The standard InChI is InChI=1S/C36H24N2/c1-2-12-25(13-3-1)27-14-4-8-18-32(27)38-35-21-11-7-17-30(35)31-24-26(22-23-36(31)38)37-33-19-9-5-15-28(33)29-16-6-10-20-34(29)37/h1-24H/i5D,9D,15D,19D. The lowest BCUT2D eigenvalue weighted by Crippen LogP contribution is -1.97. The lowest BCUT2D eigenvalue weighted by molar-refractivity contribution is 1.17. The number of aromatic nitrogens is 2. The summed E-state index contributed by atoms with van der Waals surface area (Å²) >= 11 is 0. The molecule has 2 nitrogen and oxygen atoms in total. The van der Waals surface area contributed by atoms with Crippen molar-refractivity contribution in [2.24, 2.45) is 0 Å². The molecule has 0 aliphatic heterocycles. The summed E-state index contributed by atoms with van der Waals surface area (Å²) in [5.41, 5.74) is 7.71. The molecule has 0 saturated heterocycles. The maximum absolute atomic E-state index is 8.85. The number of nitrogens with zero attached hydrogens (tertiary/aromatic N) is 2. The minimum absolute atomic E-state index is 0.0175. The van der Waals surface area contributed by atoms with Gasteiger partial charge in [0.05, 0.1) is 33.2 Å². The minimum atomic E-state index is -0.230. The van der Waals surface area contributed by atoms with Crippen molar-refractivity contribution in [3.8, 4) is 22.5 Å². The molecular weight excluding hydrogens is 460 g/mol. The molecule has 0 spiro atoms. The highest BCUT2D eigenvalue weighted by Crippen LogP contribution is 2.38. The van der Waals surface area contributed by atoms with Crippen molar-refractivity contribution < 1.29 is 5.48 Å². The number of hydrogen-bond donors (Lipinski definition) is 0. The lowest BCUT2D eigenvalue weighted by Gasteiger charge is -2.14. The molecule has 0 bridgehead atoms. The molecule has 2 heteroatoms. The van der Waals surface area contributed by atoms with E-state index in [2.05, 4.69) is 95.6 Å². The van der Waals surface area contributed by atoms with Crippen LogP contribution >= 0.6 is 0 Å². The summed E-state index contributed by atoms with van der Waals surface area (Å²) in [7, 11) is 0. The Balaban J connectivity index is 1.47. The first kappa shape index (κ1) is 17.4. The fourth-order valence-electron chi connectivity index (χ4n) is 5.83. The van der Waals surface area contributed by atoms with Gasteiger partial charge in [-0.05, 0) is 48.0 Å². The lowest BCUT2D eigenvalue weighted by atomic mass is 10.0. The van der Waals surface area contributed by atoms with Gasteiger partial charge in [-0.3, -0.25) is 0 Å². The second-order valence-electron chi connectivity index (χ2n) is 9.51. The van der Waals surface area contributed by atoms with Gasteiger partial charge in [0.1, 0.15) is 0 Å². The van der Waals surface area contributed by atoms with E-state index in [9.17, 15) is 0 Å². The van der Waals surface area contributed by atoms with Crippen LogP contribution in [0.1, 0.15) is 5.48 Å². The molecule has 0 saturated carbocycles. The zero-order chi connectivity index (χ0) is 28.5. The molecule has 38 heavy (non-hydrogen) atoms. The maximum atomic E-state index is 8.85. The van der Waals surface area contributed by atoms with Gasteiger partial charge in [0, 0.05) is 32.8 Å². The van der Waals surface area contributed by atoms with Crippen LogP contribution in [-0.2, 0) is 0 Å². The van der Waals surface area contributed by atoms with Crippen molar-refractivity contribution in [3.63, 3.8) is 0 Å². The average Bonchev–Trinajstić information content (AvgIpc) is 3.56. The highest BCUT2D eigenvalue weighted by molar-refractivity contribution is 6.12. The predicted octanol–water partition coefficient (Wildman–Crippen LogP) is 9.55. The Morgan fingerprint density at radius 2 is 1.08 bits per heavy atom.